The second-order valence-electron chi connectivity index (χ2n) is 12.2. The summed E-state index contributed by atoms with van der Waals surface area (Å²) in [5.41, 5.74) is 0. The highest BCUT2D eigenvalue weighted by atomic mass is 31.2. The first-order chi connectivity index (χ1) is 22.3. The van der Waals surface area contributed by atoms with E-state index in [2.05, 4.69) is 54.8 Å². The van der Waals surface area contributed by atoms with E-state index in [9.17, 15) is 14.2 Å². The third kappa shape index (κ3) is 35.1. The van der Waals surface area contributed by atoms with Gasteiger partial charge in [-0.1, -0.05) is 134 Å². The number of phosphoric ester groups is 1. The van der Waals surface area contributed by atoms with Crippen LogP contribution in [-0.2, 0) is 28.2 Å². The van der Waals surface area contributed by atoms with E-state index in [-0.39, 0.29) is 19.4 Å². The van der Waals surface area contributed by atoms with Crippen LogP contribution in [0.25, 0.3) is 0 Å². The Balaban J connectivity index is 4.04. The number of allylic oxidation sites excluding steroid dienone is 6. The Hall–Kier alpha value is -1.73. The molecule has 0 unspecified atom stereocenters. The minimum atomic E-state index is -4.76. The van der Waals surface area contributed by atoms with Gasteiger partial charge in [-0.25, -0.2) is 4.57 Å². The summed E-state index contributed by atoms with van der Waals surface area (Å²) in [6, 6.07) is 0. The van der Waals surface area contributed by atoms with Crippen molar-refractivity contribution in [1.29, 1.82) is 0 Å². The molecule has 0 aliphatic rings. The maximum atomic E-state index is 12.3. The van der Waals surface area contributed by atoms with Crippen molar-refractivity contribution in [3.05, 3.63) is 36.5 Å². The van der Waals surface area contributed by atoms with Gasteiger partial charge in [-0.15, -0.1) is 0 Å². The van der Waals surface area contributed by atoms with Crippen molar-refractivity contribution in [2.45, 2.75) is 174 Å². The molecule has 0 aromatic rings. The van der Waals surface area contributed by atoms with Crippen LogP contribution < -0.4 is 0 Å². The van der Waals surface area contributed by atoms with Gasteiger partial charge in [-0.05, 0) is 57.8 Å². The van der Waals surface area contributed by atoms with Gasteiger partial charge in [-0.3, -0.25) is 14.1 Å². The fraction of sp³-hybridized carbons (Fsp3) is 0.784. The van der Waals surface area contributed by atoms with Crippen LogP contribution >= 0.6 is 7.82 Å². The molecule has 0 saturated carbocycles. The summed E-state index contributed by atoms with van der Waals surface area (Å²) in [6.07, 6.45) is 37.4. The van der Waals surface area contributed by atoms with Crippen LogP contribution in [0.1, 0.15) is 168 Å². The third-order valence-electron chi connectivity index (χ3n) is 7.63. The molecule has 0 heterocycles. The predicted molar refractivity (Wildman–Crippen MR) is 188 cm³/mol. The van der Waals surface area contributed by atoms with Crippen LogP contribution in [0.2, 0.25) is 0 Å². The lowest BCUT2D eigenvalue weighted by Gasteiger charge is -2.18. The summed E-state index contributed by atoms with van der Waals surface area (Å²) in [5.74, 6) is -0.951. The molecule has 46 heavy (non-hydrogen) atoms. The van der Waals surface area contributed by atoms with E-state index in [4.69, 9.17) is 19.3 Å². The molecule has 268 valence electrons. The lowest BCUT2D eigenvalue weighted by atomic mass is 10.1. The van der Waals surface area contributed by atoms with Crippen molar-refractivity contribution in [3.8, 4) is 0 Å². The highest BCUT2D eigenvalue weighted by molar-refractivity contribution is 7.46. The average molecular weight is 671 g/mol. The zero-order valence-corrected chi connectivity index (χ0v) is 30.1. The van der Waals surface area contributed by atoms with Crippen molar-refractivity contribution in [2.75, 3.05) is 13.2 Å². The number of carbonyl (C=O) groups excluding carboxylic acids is 2. The van der Waals surface area contributed by atoms with Crippen LogP contribution in [0.5, 0.6) is 0 Å². The number of carbonyl (C=O) groups is 2. The van der Waals surface area contributed by atoms with Crippen LogP contribution in [0.15, 0.2) is 36.5 Å². The number of phosphoric acid groups is 1. The molecule has 0 radical (unpaired) electrons. The molecular formula is C37H67O8P. The topological polar surface area (TPSA) is 119 Å². The number of hydrogen-bond donors (Lipinski definition) is 2. The molecule has 8 nitrogen and oxygen atoms in total. The van der Waals surface area contributed by atoms with Gasteiger partial charge in [0.2, 0.25) is 0 Å². The predicted octanol–water partition coefficient (Wildman–Crippen LogP) is 10.6. The van der Waals surface area contributed by atoms with Crippen LogP contribution in [0.4, 0.5) is 0 Å². The van der Waals surface area contributed by atoms with Gasteiger partial charge in [0.1, 0.15) is 6.61 Å². The van der Waals surface area contributed by atoms with Crippen molar-refractivity contribution in [3.63, 3.8) is 0 Å². The van der Waals surface area contributed by atoms with Gasteiger partial charge in [0, 0.05) is 12.8 Å². The standard InChI is InChI=1S/C37H67O8P/c1-3-5-7-9-11-13-15-16-17-18-19-20-22-23-25-27-29-31-36(38)43-33-35(34-44-46(40,41)42)45-37(39)32-30-28-26-24-21-14-12-10-8-6-4-2/h10,12,19-20,23,25,35H,3-9,11,13-18,21-22,24,26-34H2,1-2H3,(H2,40,41,42)/b12-10+,20-19+,25-23+/t35-/m1/s1. The van der Waals surface area contributed by atoms with Gasteiger partial charge in [0.05, 0.1) is 6.61 Å². The quantitative estimate of drug-likeness (QED) is 0.0306. The molecule has 0 saturated heterocycles. The Morgan fingerprint density at radius 2 is 1.02 bits per heavy atom. The van der Waals surface area contributed by atoms with E-state index < -0.39 is 32.5 Å². The Bertz CT molecular complexity index is 848. The maximum Gasteiger partial charge on any atom is 0.469 e. The van der Waals surface area contributed by atoms with Crippen LogP contribution in [-0.4, -0.2) is 41.0 Å². The molecule has 1 atom stereocenters. The first-order valence-electron chi connectivity index (χ1n) is 18.3. The van der Waals surface area contributed by atoms with Crippen molar-refractivity contribution >= 4 is 19.8 Å². The van der Waals surface area contributed by atoms with Crippen molar-refractivity contribution < 1.29 is 37.9 Å². The fourth-order valence-electron chi connectivity index (χ4n) is 4.86. The largest absolute Gasteiger partial charge is 0.469 e. The summed E-state index contributed by atoms with van der Waals surface area (Å²) in [6.45, 7) is 3.58. The molecule has 2 N–H and O–H groups in total. The van der Waals surface area contributed by atoms with Crippen molar-refractivity contribution in [2.24, 2.45) is 0 Å². The molecular weight excluding hydrogens is 603 g/mol. The molecule has 0 rings (SSSR count). The minimum Gasteiger partial charge on any atom is -0.462 e. The number of esters is 2. The fourth-order valence-corrected chi connectivity index (χ4v) is 5.22. The molecule has 0 amide bonds. The monoisotopic (exact) mass is 670 g/mol. The molecule has 0 aromatic carbocycles. The second-order valence-corrected chi connectivity index (χ2v) is 13.4. The first kappa shape index (κ1) is 44.3. The zero-order valence-electron chi connectivity index (χ0n) is 29.2. The number of hydrogen-bond acceptors (Lipinski definition) is 6. The van der Waals surface area contributed by atoms with E-state index in [0.29, 0.717) is 12.8 Å². The van der Waals surface area contributed by atoms with Gasteiger partial charge in [-0.2, -0.15) is 0 Å². The van der Waals surface area contributed by atoms with E-state index in [1.165, 1.54) is 70.6 Å². The molecule has 0 aromatic heterocycles. The summed E-state index contributed by atoms with van der Waals surface area (Å²) >= 11 is 0. The van der Waals surface area contributed by atoms with E-state index in [0.717, 1.165) is 57.8 Å². The molecule has 0 aliphatic heterocycles. The van der Waals surface area contributed by atoms with E-state index in [1.54, 1.807) is 0 Å². The minimum absolute atomic E-state index is 0.193. The highest BCUT2D eigenvalue weighted by Crippen LogP contribution is 2.36. The Kier molecular flexibility index (Phi) is 31.9. The Labute approximate surface area is 281 Å². The average Bonchev–Trinajstić information content (AvgIpc) is 3.02. The molecule has 0 aliphatic carbocycles. The normalized spacial score (nSPS) is 12.9. The summed E-state index contributed by atoms with van der Waals surface area (Å²) in [5, 5.41) is 0. The SMILES string of the molecule is CCCC/C=C/CCCCCCCC(=O)O[C@H](COC(=O)CCC/C=C/C/C=C/CCCCCCCCCCC)COP(=O)(O)O. The Morgan fingerprint density at radius 3 is 1.59 bits per heavy atom. The summed E-state index contributed by atoms with van der Waals surface area (Å²) < 4.78 is 26.2. The lowest BCUT2D eigenvalue weighted by Crippen LogP contribution is -2.29. The van der Waals surface area contributed by atoms with Gasteiger partial charge >= 0.3 is 19.8 Å². The van der Waals surface area contributed by atoms with Crippen LogP contribution in [0, 0.1) is 0 Å². The van der Waals surface area contributed by atoms with Crippen molar-refractivity contribution in [1.82, 2.24) is 0 Å². The zero-order chi connectivity index (χ0) is 34.0. The Morgan fingerprint density at radius 1 is 0.565 bits per heavy atom. The molecule has 0 fully saturated rings. The summed E-state index contributed by atoms with van der Waals surface area (Å²) in [4.78, 5) is 42.5. The molecule has 0 spiro atoms. The molecule has 0 bridgehead atoms. The van der Waals surface area contributed by atoms with E-state index in [1.807, 2.05) is 0 Å². The third-order valence-corrected chi connectivity index (χ3v) is 8.12. The first-order valence-corrected chi connectivity index (χ1v) is 19.8. The van der Waals surface area contributed by atoms with Gasteiger partial charge < -0.3 is 19.3 Å². The highest BCUT2D eigenvalue weighted by Gasteiger charge is 2.22. The number of rotatable bonds is 33. The maximum absolute atomic E-state index is 12.3. The second kappa shape index (κ2) is 33.2. The summed E-state index contributed by atoms with van der Waals surface area (Å²) in [7, 11) is -4.76. The van der Waals surface area contributed by atoms with Gasteiger partial charge in [0.15, 0.2) is 6.10 Å². The van der Waals surface area contributed by atoms with Crippen LogP contribution in [0.3, 0.4) is 0 Å². The lowest BCUT2D eigenvalue weighted by molar-refractivity contribution is -0.161. The van der Waals surface area contributed by atoms with E-state index >= 15 is 0 Å². The smallest absolute Gasteiger partial charge is 0.462 e. The number of ether oxygens (including phenoxy) is 2. The number of unbranched alkanes of at least 4 members (excludes halogenated alkanes) is 17. The molecule has 9 heteroatoms. The van der Waals surface area contributed by atoms with Gasteiger partial charge in [0.25, 0.3) is 0 Å².